The number of sulfonamides is 1. The van der Waals surface area contributed by atoms with Gasteiger partial charge in [-0.2, -0.15) is 23.0 Å². The number of benzene rings is 1. The van der Waals surface area contributed by atoms with Crippen molar-refractivity contribution < 1.29 is 31.1 Å². The number of morpholine rings is 1. The summed E-state index contributed by atoms with van der Waals surface area (Å²) >= 11 is 0. The highest BCUT2D eigenvalue weighted by Gasteiger charge is 2.32. The molecule has 0 unspecified atom stereocenters. The molecule has 10 nitrogen and oxygen atoms in total. The normalized spacial score (nSPS) is 18.2. The molecule has 0 spiro atoms. The number of carbonyl (C=O) groups is 1. The Morgan fingerprint density at radius 1 is 1.06 bits per heavy atom. The summed E-state index contributed by atoms with van der Waals surface area (Å²) in [6, 6.07) is 4.69. The summed E-state index contributed by atoms with van der Waals surface area (Å²) in [7, 11) is -0.978. The van der Waals surface area contributed by atoms with Gasteiger partial charge < -0.3 is 14.5 Å². The van der Waals surface area contributed by atoms with E-state index in [0.717, 1.165) is 20.6 Å². The molecule has 0 saturated carbocycles. The number of rotatable bonds is 5. The second-order valence-corrected chi connectivity index (χ2v) is 11.0. The Morgan fingerprint density at radius 2 is 1.72 bits per heavy atom. The van der Waals surface area contributed by atoms with E-state index in [1.165, 1.54) is 38.5 Å². The summed E-state index contributed by atoms with van der Waals surface area (Å²) in [5, 5.41) is 3.72. The van der Waals surface area contributed by atoms with Gasteiger partial charge in [0.05, 0.1) is 18.8 Å². The molecule has 2 fully saturated rings. The summed E-state index contributed by atoms with van der Waals surface area (Å²) in [4.78, 5) is 18.4. The number of nitrogens with zero attached hydrogens (tertiary/aromatic N) is 6. The zero-order valence-electron chi connectivity index (χ0n) is 20.1. The number of alkyl halides is 3. The minimum Gasteiger partial charge on any atom is -0.378 e. The van der Waals surface area contributed by atoms with Crippen LogP contribution in [0.2, 0.25) is 0 Å². The van der Waals surface area contributed by atoms with Crippen molar-refractivity contribution in [2.75, 3.05) is 71.5 Å². The van der Waals surface area contributed by atoms with Crippen LogP contribution in [-0.4, -0.2) is 105 Å². The Morgan fingerprint density at radius 3 is 2.33 bits per heavy atom. The predicted molar refractivity (Wildman–Crippen MR) is 125 cm³/mol. The van der Waals surface area contributed by atoms with Crippen LogP contribution in [0.1, 0.15) is 11.1 Å². The molecule has 0 N–H and O–H groups in total. The molecule has 2 aliphatic heterocycles. The Bertz CT molecular complexity index is 1190. The molecular weight excluding hydrogens is 501 g/mol. The van der Waals surface area contributed by atoms with Gasteiger partial charge in [-0.15, -0.1) is 0 Å². The molecule has 0 radical (unpaired) electrons. The van der Waals surface area contributed by atoms with Crippen molar-refractivity contribution in [2.24, 2.45) is 0 Å². The summed E-state index contributed by atoms with van der Waals surface area (Å²) in [5.41, 5.74) is 0.658. The largest absolute Gasteiger partial charge is 0.416 e. The predicted octanol–water partition coefficient (Wildman–Crippen LogP) is 1.77. The van der Waals surface area contributed by atoms with Gasteiger partial charge in [0.25, 0.3) is 10.0 Å². The standard InChI is InChI=1S/C22H29F3N6O4S/c1-27(2)36(33,34)20-5-6-31(26-20)21(32)30-9-7-28(8-10-30)16-17-3-4-18(22(23,24)25)15-19(17)29-11-13-35-14-12-29/h3-6,15H,7-14,16H2,1-2H3. The zero-order chi connectivity index (χ0) is 26.1. The highest BCUT2D eigenvalue weighted by atomic mass is 32.2. The van der Waals surface area contributed by atoms with Crippen LogP contribution in [-0.2, 0) is 27.5 Å². The number of aromatic nitrogens is 2. The highest BCUT2D eigenvalue weighted by Crippen LogP contribution is 2.34. The molecule has 1 aromatic heterocycles. The van der Waals surface area contributed by atoms with Crippen molar-refractivity contribution in [3.8, 4) is 0 Å². The number of hydrogen-bond donors (Lipinski definition) is 0. The van der Waals surface area contributed by atoms with Crippen LogP contribution in [0.15, 0.2) is 35.5 Å². The van der Waals surface area contributed by atoms with Crippen LogP contribution in [0.25, 0.3) is 0 Å². The number of carbonyl (C=O) groups excluding carboxylic acids is 1. The molecule has 3 heterocycles. The van der Waals surface area contributed by atoms with Gasteiger partial charge in [-0.1, -0.05) is 6.07 Å². The van der Waals surface area contributed by atoms with Crippen LogP contribution in [0.4, 0.5) is 23.7 Å². The van der Waals surface area contributed by atoms with Crippen LogP contribution < -0.4 is 4.90 Å². The third-order valence-corrected chi connectivity index (χ3v) is 8.01. The molecule has 2 saturated heterocycles. The number of halogens is 3. The van der Waals surface area contributed by atoms with E-state index >= 15 is 0 Å². The molecule has 2 aliphatic rings. The topological polar surface area (TPSA) is 91.2 Å². The lowest BCUT2D eigenvalue weighted by atomic mass is 10.1. The minimum absolute atomic E-state index is 0.211. The lowest BCUT2D eigenvalue weighted by Crippen LogP contribution is -2.49. The molecule has 0 atom stereocenters. The molecule has 36 heavy (non-hydrogen) atoms. The van der Waals surface area contributed by atoms with Crippen LogP contribution in [0.5, 0.6) is 0 Å². The Balaban J connectivity index is 1.42. The summed E-state index contributed by atoms with van der Waals surface area (Å²) in [6.45, 7) is 4.18. The highest BCUT2D eigenvalue weighted by molar-refractivity contribution is 7.89. The molecule has 1 amide bonds. The van der Waals surface area contributed by atoms with Gasteiger partial charge in [-0.3, -0.25) is 4.90 Å². The maximum absolute atomic E-state index is 13.4. The van der Waals surface area contributed by atoms with E-state index < -0.39 is 27.8 Å². The van der Waals surface area contributed by atoms with Gasteiger partial charge in [-0.05, 0) is 23.8 Å². The van der Waals surface area contributed by atoms with Crippen molar-refractivity contribution in [3.05, 3.63) is 41.6 Å². The molecule has 0 bridgehead atoms. The Labute approximate surface area is 207 Å². The third-order valence-electron chi connectivity index (χ3n) is 6.31. The van der Waals surface area contributed by atoms with Crippen LogP contribution in [0, 0.1) is 0 Å². The van der Waals surface area contributed by atoms with Gasteiger partial charge in [0.15, 0.2) is 5.03 Å². The SMILES string of the molecule is CN(C)S(=O)(=O)c1ccn(C(=O)N2CCN(Cc3ccc(C(F)(F)F)cc3N3CCOCC3)CC2)n1. The van der Waals surface area contributed by atoms with Crippen molar-refractivity contribution in [1.29, 1.82) is 0 Å². The second-order valence-electron chi connectivity index (χ2n) is 8.87. The molecule has 2 aromatic rings. The van der Waals surface area contributed by atoms with Gasteiger partial charge in [0.1, 0.15) is 0 Å². The number of ether oxygens (including phenoxy) is 1. The third kappa shape index (κ3) is 5.66. The molecule has 198 valence electrons. The average molecular weight is 531 g/mol. The minimum atomic E-state index is -4.43. The number of hydrogen-bond acceptors (Lipinski definition) is 7. The molecule has 14 heteroatoms. The first-order chi connectivity index (χ1) is 17.0. The van der Waals surface area contributed by atoms with Crippen LogP contribution >= 0.6 is 0 Å². The Kier molecular flexibility index (Phi) is 7.59. The van der Waals surface area contributed by atoms with E-state index in [1.54, 1.807) is 4.90 Å². The van der Waals surface area contributed by atoms with Gasteiger partial charge in [-0.25, -0.2) is 17.5 Å². The number of amides is 1. The lowest BCUT2D eigenvalue weighted by Gasteiger charge is -2.36. The lowest BCUT2D eigenvalue weighted by molar-refractivity contribution is -0.137. The summed E-state index contributed by atoms with van der Waals surface area (Å²) in [6.07, 6.45) is -3.11. The fourth-order valence-electron chi connectivity index (χ4n) is 4.19. The van der Waals surface area contributed by atoms with Crippen LogP contribution in [0.3, 0.4) is 0 Å². The monoisotopic (exact) mass is 530 g/mol. The molecule has 4 rings (SSSR count). The smallest absolute Gasteiger partial charge is 0.378 e. The summed E-state index contributed by atoms with van der Waals surface area (Å²) in [5.74, 6) is 0. The fourth-order valence-corrected chi connectivity index (χ4v) is 4.99. The van der Waals surface area contributed by atoms with Crippen molar-refractivity contribution >= 4 is 21.7 Å². The van der Waals surface area contributed by atoms with Gasteiger partial charge >= 0.3 is 12.2 Å². The van der Waals surface area contributed by atoms with E-state index in [4.69, 9.17) is 4.74 Å². The molecular formula is C22H29F3N6O4S. The fraction of sp³-hybridized carbons (Fsp3) is 0.545. The quantitative estimate of drug-likeness (QED) is 0.582. The van der Waals surface area contributed by atoms with E-state index in [9.17, 15) is 26.4 Å². The first-order valence-electron chi connectivity index (χ1n) is 11.5. The summed E-state index contributed by atoms with van der Waals surface area (Å²) < 4.78 is 71.9. The molecule has 0 aliphatic carbocycles. The number of piperazine rings is 1. The second kappa shape index (κ2) is 10.4. The maximum atomic E-state index is 13.4. The van der Waals surface area contributed by atoms with E-state index in [1.807, 2.05) is 4.90 Å². The van der Waals surface area contributed by atoms with Crippen molar-refractivity contribution in [2.45, 2.75) is 17.7 Å². The van der Waals surface area contributed by atoms with E-state index in [0.29, 0.717) is 64.7 Å². The van der Waals surface area contributed by atoms with Crippen molar-refractivity contribution in [3.63, 3.8) is 0 Å². The first kappa shape index (κ1) is 26.4. The van der Waals surface area contributed by atoms with E-state index in [2.05, 4.69) is 10.00 Å². The van der Waals surface area contributed by atoms with Gasteiger partial charge in [0.2, 0.25) is 0 Å². The van der Waals surface area contributed by atoms with Crippen molar-refractivity contribution in [1.82, 2.24) is 23.9 Å². The zero-order valence-corrected chi connectivity index (χ0v) is 20.9. The maximum Gasteiger partial charge on any atom is 0.416 e. The number of anilines is 1. The Hall–Kier alpha value is -2.68. The average Bonchev–Trinajstić information content (AvgIpc) is 3.35. The molecule has 1 aromatic carbocycles. The van der Waals surface area contributed by atoms with E-state index in [-0.39, 0.29) is 5.03 Å². The van der Waals surface area contributed by atoms with Gasteiger partial charge in [0, 0.05) is 71.8 Å². The first-order valence-corrected chi connectivity index (χ1v) is 12.9.